The van der Waals surface area contributed by atoms with Gasteiger partial charge in [0, 0.05) is 0 Å². The Bertz CT molecular complexity index is 278. The number of rotatable bonds is 4. The van der Waals surface area contributed by atoms with E-state index in [2.05, 4.69) is 13.3 Å². The van der Waals surface area contributed by atoms with E-state index >= 15 is 0 Å². The predicted molar refractivity (Wildman–Crippen MR) is 67.8 cm³/mol. The molecule has 2 rings (SSSR count). The van der Waals surface area contributed by atoms with Crippen LogP contribution >= 0.6 is 0 Å². The van der Waals surface area contributed by atoms with Crippen molar-refractivity contribution in [2.45, 2.75) is 51.4 Å². The van der Waals surface area contributed by atoms with Gasteiger partial charge in [0.1, 0.15) is 0 Å². The fraction of sp³-hybridized carbons (Fsp3) is 0.714. The maximum absolute atomic E-state index is 10.4. The van der Waals surface area contributed by atoms with Gasteiger partial charge in [0.2, 0.25) is 0 Å². The van der Waals surface area contributed by atoms with Crippen LogP contribution in [0.25, 0.3) is 0 Å². The van der Waals surface area contributed by atoms with Crippen LogP contribution in [0.5, 0.6) is 0 Å². The van der Waals surface area contributed by atoms with Gasteiger partial charge in [0.15, 0.2) is 5.41 Å². The normalized spacial score (nSPS) is 23.3. The quantitative estimate of drug-likeness (QED) is 0.511. The molecule has 0 aliphatic heterocycles. The summed E-state index contributed by atoms with van der Waals surface area (Å²) in [5.74, 6) is -1.48. The Kier molecular flexibility index (Phi) is 8.56. The van der Waals surface area contributed by atoms with Crippen LogP contribution < -0.4 is 0 Å². The zero-order valence-corrected chi connectivity index (χ0v) is 13.3. The zero-order chi connectivity index (χ0) is 13.6. The van der Waals surface area contributed by atoms with Crippen molar-refractivity contribution in [1.82, 2.24) is 0 Å². The first-order valence-corrected chi connectivity index (χ1v) is 6.62. The molecule has 0 aromatic rings. The van der Waals surface area contributed by atoms with Crippen molar-refractivity contribution in [3.63, 3.8) is 0 Å². The standard InChI is InChI=1S/C8H14.C6H8O4.Pt/c1-2-5-8-6-3-4-7-8;7-4(8)6(5(9)10)2-1-3-6;/h6,8H,1-5,7H2;1-3H2,(H,7,8)(H,9,10);/q-2;;+2/t8-;;/m1../s1. The van der Waals surface area contributed by atoms with Crippen LogP contribution in [0.3, 0.4) is 0 Å². The van der Waals surface area contributed by atoms with Gasteiger partial charge in [0.25, 0.3) is 0 Å². The Morgan fingerprint density at radius 1 is 1.21 bits per heavy atom. The van der Waals surface area contributed by atoms with E-state index in [1.807, 2.05) is 0 Å². The van der Waals surface area contributed by atoms with Crippen LogP contribution in [0, 0.1) is 24.7 Å². The monoisotopic (exact) mass is 449 g/mol. The van der Waals surface area contributed by atoms with Crippen molar-refractivity contribution < 1.29 is 40.9 Å². The average molecular weight is 449 g/mol. The van der Waals surface area contributed by atoms with Crippen molar-refractivity contribution in [1.29, 1.82) is 0 Å². The van der Waals surface area contributed by atoms with Gasteiger partial charge in [-0.05, 0) is 19.3 Å². The molecule has 0 aromatic heterocycles. The Hall–Kier alpha value is -0.372. The van der Waals surface area contributed by atoms with Crippen molar-refractivity contribution in [3.8, 4) is 0 Å². The smallest absolute Gasteiger partial charge is 0.480 e. The third kappa shape index (κ3) is 4.90. The van der Waals surface area contributed by atoms with Gasteiger partial charge < -0.3 is 23.6 Å². The van der Waals surface area contributed by atoms with E-state index in [9.17, 15) is 9.59 Å². The van der Waals surface area contributed by atoms with Gasteiger partial charge in [-0.15, -0.1) is 6.42 Å². The van der Waals surface area contributed by atoms with E-state index in [0.717, 1.165) is 12.3 Å². The second kappa shape index (κ2) is 8.73. The number of hydrogen-bond donors (Lipinski definition) is 2. The van der Waals surface area contributed by atoms with Gasteiger partial charge in [-0.2, -0.15) is 18.8 Å². The largest absolute Gasteiger partial charge is 2.00 e. The van der Waals surface area contributed by atoms with Crippen LogP contribution in [0.2, 0.25) is 0 Å². The minimum absolute atomic E-state index is 0. The maximum atomic E-state index is 10.4. The van der Waals surface area contributed by atoms with Crippen LogP contribution in [0.1, 0.15) is 51.4 Å². The second-order valence-corrected chi connectivity index (χ2v) is 5.11. The zero-order valence-electron chi connectivity index (χ0n) is 11.0. The summed E-state index contributed by atoms with van der Waals surface area (Å²) >= 11 is 0. The minimum atomic E-state index is -1.44. The summed E-state index contributed by atoms with van der Waals surface area (Å²) in [4.78, 5) is 20.7. The van der Waals surface area contributed by atoms with E-state index in [4.69, 9.17) is 10.2 Å². The van der Waals surface area contributed by atoms with E-state index in [0.29, 0.717) is 6.42 Å². The summed E-state index contributed by atoms with van der Waals surface area (Å²) in [7, 11) is 0. The van der Waals surface area contributed by atoms with Crippen molar-refractivity contribution >= 4 is 11.9 Å². The fourth-order valence-corrected chi connectivity index (χ4v) is 2.43. The third-order valence-corrected chi connectivity index (χ3v) is 3.88. The van der Waals surface area contributed by atoms with Gasteiger partial charge >= 0.3 is 33.0 Å². The second-order valence-electron chi connectivity index (χ2n) is 5.11. The molecule has 0 heterocycles. The Morgan fingerprint density at radius 2 is 1.79 bits per heavy atom. The van der Waals surface area contributed by atoms with E-state index in [-0.39, 0.29) is 33.9 Å². The Labute approximate surface area is 129 Å². The summed E-state index contributed by atoms with van der Waals surface area (Å²) in [6.45, 7) is 3.83. The molecule has 2 aliphatic carbocycles. The summed E-state index contributed by atoms with van der Waals surface area (Å²) in [6.07, 6.45) is 10.3. The van der Waals surface area contributed by atoms with Gasteiger partial charge in [-0.25, -0.2) is 0 Å². The summed E-state index contributed by atoms with van der Waals surface area (Å²) in [5, 5.41) is 16.9. The van der Waals surface area contributed by atoms with Gasteiger partial charge in [-0.1, -0.05) is 12.8 Å². The number of carbonyl (C=O) groups is 2. The predicted octanol–water partition coefficient (Wildman–Crippen LogP) is 2.93. The van der Waals surface area contributed by atoms with Crippen molar-refractivity contribution in [3.05, 3.63) is 13.3 Å². The molecular formula is C14H22O4Pt. The molecule has 0 saturated heterocycles. The van der Waals surface area contributed by atoms with E-state index < -0.39 is 17.4 Å². The molecule has 2 saturated carbocycles. The first-order chi connectivity index (χ1) is 8.53. The van der Waals surface area contributed by atoms with Crippen LogP contribution in [-0.2, 0) is 30.7 Å². The Morgan fingerprint density at radius 3 is 2.00 bits per heavy atom. The van der Waals surface area contributed by atoms with Crippen molar-refractivity contribution in [2.24, 2.45) is 11.3 Å². The third-order valence-electron chi connectivity index (χ3n) is 3.88. The SMILES string of the molecule is O=C(O)C1(C(=O)O)CCC1.[CH2-]CC[C@@H]1[CH-]CCC1.[Pt+2]. The first kappa shape index (κ1) is 18.6. The molecule has 2 fully saturated rings. The molecule has 5 heteroatoms. The molecule has 0 radical (unpaired) electrons. The number of hydrogen-bond acceptors (Lipinski definition) is 2. The number of carboxylic acid groups (broad SMARTS) is 2. The molecular weight excluding hydrogens is 427 g/mol. The molecule has 19 heavy (non-hydrogen) atoms. The summed E-state index contributed by atoms with van der Waals surface area (Å²) in [5.41, 5.74) is -1.44. The van der Waals surface area contributed by atoms with E-state index in [1.165, 1.54) is 25.7 Å². The molecule has 0 spiro atoms. The van der Waals surface area contributed by atoms with Gasteiger partial charge in [0.05, 0.1) is 0 Å². The van der Waals surface area contributed by atoms with Gasteiger partial charge in [-0.3, -0.25) is 9.59 Å². The molecule has 112 valence electrons. The summed E-state index contributed by atoms with van der Waals surface area (Å²) < 4.78 is 0. The minimum Gasteiger partial charge on any atom is -0.480 e. The molecule has 0 bridgehead atoms. The molecule has 0 aromatic carbocycles. The van der Waals surface area contributed by atoms with Crippen LogP contribution in [0.4, 0.5) is 0 Å². The number of carboxylic acids is 2. The Balaban J connectivity index is 0.000000331. The van der Waals surface area contributed by atoms with Crippen molar-refractivity contribution in [2.75, 3.05) is 0 Å². The molecule has 0 amide bonds. The molecule has 0 unspecified atom stereocenters. The van der Waals surface area contributed by atoms with E-state index in [1.54, 1.807) is 0 Å². The molecule has 1 atom stereocenters. The fourth-order valence-electron chi connectivity index (χ4n) is 2.43. The average Bonchev–Trinajstić information content (AvgIpc) is 2.68. The number of aliphatic carboxylic acids is 2. The molecule has 4 nitrogen and oxygen atoms in total. The topological polar surface area (TPSA) is 74.6 Å². The van der Waals surface area contributed by atoms with Crippen LogP contribution in [0.15, 0.2) is 0 Å². The maximum Gasteiger partial charge on any atom is 2.00 e. The van der Waals surface area contributed by atoms with Crippen LogP contribution in [-0.4, -0.2) is 22.2 Å². The first-order valence-electron chi connectivity index (χ1n) is 6.62. The summed E-state index contributed by atoms with van der Waals surface area (Å²) in [6, 6.07) is 0. The molecule has 2 N–H and O–H groups in total. The molecule has 2 aliphatic rings.